The third-order valence-electron chi connectivity index (χ3n) is 20.1. The Hall–Kier alpha value is -9.68. The number of nitrogens with zero attached hydrogens (tertiary/aromatic N) is 10. The van der Waals surface area contributed by atoms with E-state index in [4.69, 9.17) is 0 Å². The number of rotatable bonds is 37. The molecule has 0 aromatic heterocycles. The van der Waals surface area contributed by atoms with Crippen molar-refractivity contribution < 1.29 is 38.4 Å². The molecule has 4 aliphatic rings. The molecule has 0 unspecified atom stereocenters. The lowest BCUT2D eigenvalue weighted by Crippen LogP contribution is -2.43. The van der Waals surface area contributed by atoms with Crippen molar-refractivity contribution in [3.63, 3.8) is 0 Å². The summed E-state index contributed by atoms with van der Waals surface area (Å²) in [4.78, 5) is 134. The summed E-state index contributed by atoms with van der Waals surface area (Å²) in [5.41, 5.74) is 7.29. The number of amides is 8. The molecule has 0 bridgehead atoms. The molecule has 0 spiro atoms. The molecule has 0 saturated heterocycles. The van der Waals surface area contributed by atoms with E-state index in [-0.39, 0.29) is 73.4 Å². The van der Waals surface area contributed by atoms with E-state index < -0.39 is 0 Å². The summed E-state index contributed by atoms with van der Waals surface area (Å²) in [5.74, 6) is -2.73. The van der Waals surface area contributed by atoms with E-state index in [0.29, 0.717) is 170 Å². The predicted molar refractivity (Wildman–Crippen MR) is 406 cm³/mol. The first-order valence-corrected chi connectivity index (χ1v) is 36.0. The van der Waals surface area contributed by atoms with Gasteiger partial charge in [0.1, 0.15) is 0 Å². The molecule has 22 heteroatoms. The summed E-state index contributed by atoms with van der Waals surface area (Å²) in [6.45, 7) is 9.91. The maximum atomic E-state index is 14.4. The van der Waals surface area contributed by atoms with Crippen molar-refractivity contribution in [3.8, 4) is 0 Å². The monoisotopic (exact) mass is 1380 g/mol. The molecule has 8 aromatic rings. The first-order valence-electron chi connectivity index (χ1n) is 36.0. The Labute approximate surface area is 597 Å². The Bertz CT molecular complexity index is 3900. The first kappa shape index (κ1) is 72.1. The summed E-state index contributed by atoms with van der Waals surface area (Å²) in [6, 6.07) is 37.3. The van der Waals surface area contributed by atoms with Gasteiger partial charge in [-0.15, -0.1) is 0 Å². The molecule has 8 amide bonds. The Kier molecular flexibility index (Phi) is 22.7. The number of carbonyl (C=O) groups is 8. The number of unbranched alkanes of at least 4 members (excludes halogenated alkanes) is 1. The van der Waals surface area contributed by atoms with Crippen LogP contribution in [0, 0.1) is 0 Å². The number of hydrogen-bond acceptors (Lipinski definition) is 18. The van der Waals surface area contributed by atoms with Crippen LogP contribution in [0.3, 0.4) is 0 Å². The van der Waals surface area contributed by atoms with E-state index >= 15 is 0 Å². The topological polar surface area (TPSA) is 217 Å². The van der Waals surface area contributed by atoms with Crippen molar-refractivity contribution in [3.05, 3.63) is 166 Å². The molecule has 12 rings (SSSR count). The zero-order valence-electron chi connectivity index (χ0n) is 60.3. The molecule has 534 valence electrons. The van der Waals surface area contributed by atoms with Gasteiger partial charge < -0.3 is 50.7 Å². The molecular weight excluding hydrogens is 1280 g/mol. The zero-order chi connectivity index (χ0) is 71.9. The molecule has 4 aliphatic heterocycles. The van der Waals surface area contributed by atoms with E-state index in [2.05, 4.69) is 50.7 Å². The largest absolute Gasteiger partial charge is 0.383 e. The maximum Gasteiger partial charge on any atom is 0.261 e. The lowest BCUT2D eigenvalue weighted by molar-refractivity contribution is 0.0578. The van der Waals surface area contributed by atoms with Crippen LogP contribution in [0.1, 0.15) is 121 Å². The maximum absolute atomic E-state index is 14.4. The molecule has 0 radical (unpaired) electrons. The molecule has 0 atom stereocenters. The van der Waals surface area contributed by atoms with Crippen LogP contribution in [0.15, 0.2) is 121 Å². The van der Waals surface area contributed by atoms with Crippen LogP contribution >= 0.6 is 0 Å². The Balaban J connectivity index is 0.750. The fraction of sp³-hybridized carbons (Fsp3) is 0.400. The van der Waals surface area contributed by atoms with Crippen LogP contribution in [-0.2, 0) is 0 Å². The molecule has 4 N–H and O–H groups in total. The van der Waals surface area contributed by atoms with Crippen LogP contribution in [0.5, 0.6) is 0 Å². The molecule has 0 aliphatic carbocycles. The second-order valence-corrected chi connectivity index (χ2v) is 28.3. The van der Waals surface area contributed by atoms with Gasteiger partial charge in [0, 0.05) is 189 Å². The van der Waals surface area contributed by atoms with Crippen LogP contribution in [0.4, 0.5) is 22.7 Å². The number of benzene rings is 8. The van der Waals surface area contributed by atoms with Crippen LogP contribution in [0.2, 0.25) is 0 Å². The van der Waals surface area contributed by atoms with Gasteiger partial charge in [0.2, 0.25) is 0 Å². The Morgan fingerprint density at radius 3 is 0.647 bits per heavy atom. The number of hydrogen-bond donors (Lipinski definition) is 4. The number of anilines is 4. The zero-order valence-corrected chi connectivity index (χ0v) is 60.3. The Morgan fingerprint density at radius 2 is 0.441 bits per heavy atom. The molecule has 22 nitrogen and oxygen atoms in total. The molecule has 102 heavy (non-hydrogen) atoms. The second kappa shape index (κ2) is 32.1. The highest BCUT2D eigenvalue weighted by Gasteiger charge is 2.38. The van der Waals surface area contributed by atoms with Crippen molar-refractivity contribution in [1.82, 2.24) is 49.0 Å². The molecule has 0 saturated carbocycles. The molecule has 0 fully saturated rings. The summed E-state index contributed by atoms with van der Waals surface area (Å²) >= 11 is 0. The summed E-state index contributed by atoms with van der Waals surface area (Å²) in [6.07, 6.45) is 3.28. The van der Waals surface area contributed by atoms with Gasteiger partial charge in [0.25, 0.3) is 47.3 Å². The van der Waals surface area contributed by atoms with Crippen LogP contribution in [-0.4, -0.2) is 270 Å². The lowest BCUT2D eigenvalue weighted by atomic mass is 9.93. The van der Waals surface area contributed by atoms with Crippen LogP contribution in [0.25, 0.3) is 43.1 Å². The fourth-order valence-electron chi connectivity index (χ4n) is 14.8. The molecular formula is C80H96N14O8. The minimum absolute atomic E-state index is 0.173. The van der Waals surface area contributed by atoms with Gasteiger partial charge in [-0.3, -0.25) is 58.0 Å². The first-order chi connectivity index (χ1) is 49.3. The van der Waals surface area contributed by atoms with Gasteiger partial charge in [-0.1, -0.05) is 48.5 Å². The SMILES string of the molecule is CN(C)CCNc1ccc2c3c(cccc13)C(=O)N(CCCN(CCCCN(CCCN1C(=O)c3cccc4c(NCCN(C)C)ccc(c34)C1=O)CCCN1C(=O)c3cccc4c(NCCN(C)C)ccc(c34)C1=O)CCCN1C(=O)c3cccc4c(NCCN(C)C)ccc(c34)C1=O)C2=O. The van der Waals surface area contributed by atoms with Gasteiger partial charge in [0.05, 0.1) is 0 Å². The van der Waals surface area contributed by atoms with E-state index in [1.165, 1.54) is 19.6 Å². The number of imide groups is 4. The molecule has 8 aromatic carbocycles. The van der Waals surface area contributed by atoms with Crippen molar-refractivity contribution in [2.24, 2.45) is 0 Å². The highest BCUT2D eigenvalue weighted by atomic mass is 16.2. The van der Waals surface area contributed by atoms with E-state index in [0.717, 1.165) is 70.5 Å². The van der Waals surface area contributed by atoms with Crippen molar-refractivity contribution in [1.29, 1.82) is 0 Å². The van der Waals surface area contributed by atoms with Crippen molar-refractivity contribution in [2.45, 2.75) is 38.5 Å². The van der Waals surface area contributed by atoms with Crippen molar-refractivity contribution in [2.75, 3.05) is 195 Å². The number of nitrogens with one attached hydrogen (secondary N) is 4. The smallest absolute Gasteiger partial charge is 0.261 e. The van der Waals surface area contributed by atoms with Gasteiger partial charge >= 0.3 is 0 Å². The minimum atomic E-state index is -0.341. The van der Waals surface area contributed by atoms with Gasteiger partial charge in [0.15, 0.2) is 0 Å². The summed E-state index contributed by atoms with van der Waals surface area (Å²) in [7, 11) is 16.1. The summed E-state index contributed by atoms with van der Waals surface area (Å²) < 4.78 is 0. The second-order valence-electron chi connectivity index (χ2n) is 28.3. The number of likely N-dealkylation sites (N-methyl/N-ethyl adjacent to an activating group) is 4. The predicted octanol–water partition coefficient (Wildman–Crippen LogP) is 9.62. The lowest BCUT2D eigenvalue weighted by Gasteiger charge is -2.31. The number of carbonyl (C=O) groups excluding carboxylic acids is 8. The van der Waals surface area contributed by atoms with E-state index in [1.54, 1.807) is 24.3 Å². The highest BCUT2D eigenvalue weighted by molar-refractivity contribution is 6.30. The van der Waals surface area contributed by atoms with Gasteiger partial charge in [-0.2, -0.15) is 0 Å². The van der Waals surface area contributed by atoms with Gasteiger partial charge in [-0.05, 0) is 207 Å². The fourth-order valence-corrected chi connectivity index (χ4v) is 14.8. The average molecular weight is 1380 g/mol. The third-order valence-corrected chi connectivity index (χ3v) is 20.1. The van der Waals surface area contributed by atoms with Gasteiger partial charge in [-0.25, -0.2) is 0 Å². The standard InChI is InChI=1S/C80H96N14O8/c1-85(2)49-35-81-65-31-27-61-69-53(65)19-11-23-57(69)73(95)91(77(61)99)45-15-41-89(42-16-46-92-74(96)58-24-12-20-54-66(82-36-50-86(3)4)32-28-62(70(54)58)78(92)100)39-9-10-40-90(43-17-47-93-75(97)59-25-13-21-55-67(83-37-51-87(5)6)33-29-63(71(55)59)79(93)101)44-18-48-94-76(98)60-26-14-22-56-68(84-38-52-88(7)8)34-30-64(72(56)60)80(94)102/h11-14,19-34,81-84H,9-10,15-18,35-52H2,1-8H3. The van der Waals surface area contributed by atoms with E-state index in [1.807, 2.05) is 153 Å². The third kappa shape index (κ3) is 15.3. The quantitative estimate of drug-likeness (QED) is 0.0210. The highest BCUT2D eigenvalue weighted by Crippen LogP contribution is 2.39. The summed E-state index contributed by atoms with van der Waals surface area (Å²) in [5, 5.41) is 19.8. The van der Waals surface area contributed by atoms with E-state index in [9.17, 15) is 38.4 Å². The van der Waals surface area contributed by atoms with Crippen molar-refractivity contribution >= 4 is 113 Å². The molecule has 4 heterocycles. The Morgan fingerprint density at radius 1 is 0.245 bits per heavy atom. The van der Waals surface area contributed by atoms with Crippen LogP contribution < -0.4 is 21.3 Å². The average Bonchev–Trinajstić information content (AvgIpc) is 0.766. The normalized spacial score (nSPS) is 14.5. The minimum Gasteiger partial charge on any atom is -0.383 e.